The summed E-state index contributed by atoms with van der Waals surface area (Å²) in [5.74, 6) is -1.43. The molecule has 2 aromatic carbocycles. The molecule has 6 heteroatoms. The zero-order chi connectivity index (χ0) is 15.4. The van der Waals surface area contributed by atoms with Gasteiger partial charge in [0.05, 0.1) is 0 Å². The Hall–Kier alpha value is -1.78. The van der Waals surface area contributed by atoms with E-state index < -0.39 is 11.8 Å². The van der Waals surface area contributed by atoms with Gasteiger partial charge in [-0.25, -0.2) is 4.39 Å². The van der Waals surface area contributed by atoms with Crippen molar-refractivity contribution in [3.8, 4) is 0 Å². The quantitative estimate of drug-likeness (QED) is 0.893. The zero-order valence-corrected chi connectivity index (χ0v) is 12.4. The Morgan fingerprint density at radius 2 is 1.71 bits per heavy atom. The van der Waals surface area contributed by atoms with Crippen molar-refractivity contribution in [2.24, 2.45) is 0 Å². The minimum absolute atomic E-state index is 0.0975. The predicted octanol–water partition coefficient (Wildman–Crippen LogP) is 4.22. The molecular formula is C15H12Cl2FNO2. The highest BCUT2D eigenvalue weighted by Crippen LogP contribution is 2.22. The molecule has 0 spiro atoms. The lowest BCUT2D eigenvalue weighted by Crippen LogP contribution is -2.29. The van der Waals surface area contributed by atoms with Gasteiger partial charge in [-0.2, -0.15) is 0 Å². The Morgan fingerprint density at radius 1 is 1.10 bits per heavy atom. The van der Waals surface area contributed by atoms with Gasteiger partial charge >= 0.3 is 5.97 Å². The van der Waals surface area contributed by atoms with Crippen LogP contribution in [0.25, 0.3) is 0 Å². The van der Waals surface area contributed by atoms with Crippen molar-refractivity contribution in [1.82, 2.24) is 0 Å². The van der Waals surface area contributed by atoms with Crippen molar-refractivity contribution >= 4 is 34.9 Å². The van der Waals surface area contributed by atoms with Gasteiger partial charge in [0.15, 0.2) is 0 Å². The average molecular weight is 328 g/mol. The number of carboxylic acids is 1. The van der Waals surface area contributed by atoms with Gasteiger partial charge < -0.3 is 10.0 Å². The number of benzene rings is 2. The van der Waals surface area contributed by atoms with Crippen LogP contribution in [-0.4, -0.2) is 17.6 Å². The molecule has 2 aromatic rings. The van der Waals surface area contributed by atoms with Crippen LogP contribution in [0, 0.1) is 5.82 Å². The second kappa shape index (κ2) is 6.78. The van der Waals surface area contributed by atoms with E-state index in [2.05, 4.69) is 0 Å². The smallest absolute Gasteiger partial charge is 0.323 e. The third-order valence-electron chi connectivity index (χ3n) is 2.89. The number of hydrogen-bond acceptors (Lipinski definition) is 2. The highest BCUT2D eigenvalue weighted by Gasteiger charge is 2.14. The van der Waals surface area contributed by atoms with Crippen LogP contribution in [0.2, 0.25) is 10.0 Å². The van der Waals surface area contributed by atoms with Crippen LogP contribution in [0.15, 0.2) is 42.5 Å². The number of nitrogens with zero attached hydrogens (tertiary/aromatic N) is 1. The molecule has 110 valence electrons. The SMILES string of the molecule is O=C(O)CN(Cc1cc(Cl)ccc1F)c1ccc(Cl)cc1. The summed E-state index contributed by atoms with van der Waals surface area (Å²) in [6.45, 7) is -0.159. The Bertz CT molecular complexity index is 647. The maximum absolute atomic E-state index is 13.8. The first kappa shape index (κ1) is 15.6. The average Bonchev–Trinajstić information content (AvgIpc) is 2.42. The minimum Gasteiger partial charge on any atom is -0.480 e. The number of hydrogen-bond donors (Lipinski definition) is 1. The van der Waals surface area contributed by atoms with E-state index in [9.17, 15) is 9.18 Å². The van der Waals surface area contributed by atoms with Crippen molar-refractivity contribution in [3.63, 3.8) is 0 Å². The summed E-state index contributed by atoms with van der Waals surface area (Å²) in [6.07, 6.45) is 0. The molecule has 0 aliphatic rings. The molecule has 0 atom stereocenters. The predicted molar refractivity (Wildman–Crippen MR) is 81.5 cm³/mol. The molecule has 0 bridgehead atoms. The third-order valence-corrected chi connectivity index (χ3v) is 3.37. The Morgan fingerprint density at radius 3 is 2.33 bits per heavy atom. The summed E-state index contributed by atoms with van der Waals surface area (Å²) in [6, 6.07) is 10.9. The van der Waals surface area contributed by atoms with E-state index in [-0.39, 0.29) is 13.1 Å². The van der Waals surface area contributed by atoms with Crippen LogP contribution >= 0.6 is 23.2 Å². The van der Waals surface area contributed by atoms with Gasteiger partial charge in [0, 0.05) is 27.8 Å². The molecule has 0 saturated heterocycles. The van der Waals surface area contributed by atoms with E-state index >= 15 is 0 Å². The summed E-state index contributed by atoms with van der Waals surface area (Å²) in [7, 11) is 0. The van der Waals surface area contributed by atoms with Crippen molar-refractivity contribution in [2.75, 3.05) is 11.4 Å². The number of rotatable bonds is 5. The van der Waals surface area contributed by atoms with Crippen LogP contribution in [0.5, 0.6) is 0 Å². The van der Waals surface area contributed by atoms with E-state index in [0.29, 0.717) is 21.3 Å². The van der Waals surface area contributed by atoms with Crippen molar-refractivity contribution in [1.29, 1.82) is 0 Å². The van der Waals surface area contributed by atoms with Crippen LogP contribution in [0.1, 0.15) is 5.56 Å². The van der Waals surface area contributed by atoms with Gasteiger partial charge in [-0.05, 0) is 42.5 Å². The number of carbonyl (C=O) groups is 1. The monoisotopic (exact) mass is 327 g/mol. The molecule has 0 saturated carbocycles. The molecule has 0 aromatic heterocycles. The molecule has 0 aliphatic carbocycles. The fourth-order valence-corrected chi connectivity index (χ4v) is 2.24. The van der Waals surface area contributed by atoms with E-state index in [0.717, 1.165) is 0 Å². The summed E-state index contributed by atoms with van der Waals surface area (Å²) in [4.78, 5) is 12.5. The number of aliphatic carboxylic acids is 1. The molecule has 21 heavy (non-hydrogen) atoms. The van der Waals surface area contributed by atoms with E-state index in [4.69, 9.17) is 28.3 Å². The molecule has 0 unspecified atom stereocenters. The second-order valence-electron chi connectivity index (χ2n) is 4.46. The van der Waals surface area contributed by atoms with Gasteiger partial charge in [-0.1, -0.05) is 23.2 Å². The van der Waals surface area contributed by atoms with E-state index in [1.165, 1.54) is 23.1 Å². The van der Waals surface area contributed by atoms with Crippen LogP contribution in [0.4, 0.5) is 10.1 Å². The molecule has 2 rings (SSSR count). The lowest BCUT2D eigenvalue weighted by atomic mass is 10.2. The lowest BCUT2D eigenvalue weighted by molar-refractivity contribution is -0.135. The van der Waals surface area contributed by atoms with Crippen molar-refractivity contribution < 1.29 is 14.3 Å². The van der Waals surface area contributed by atoms with Crippen LogP contribution in [0.3, 0.4) is 0 Å². The topological polar surface area (TPSA) is 40.5 Å². The molecule has 0 heterocycles. The van der Waals surface area contributed by atoms with E-state index in [1.54, 1.807) is 24.3 Å². The van der Waals surface area contributed by atoms with Gasteiger partial charge in [0.1, 0.15) is 12.4 Å². The maximum atomic E-state index is 13.8. The van der Waals surface area contributed by atoms with Gasteiger partial charge in [-0.15, -0.1) is 0 Å². The van der Waals surface area contributed by atoms with Gasteiger partial charge in [-0.3, -0.25) is 4.79 Å². The molecule has 0 aliphatic heterocycles. The zero-order valence-electron chi connectivity index (χ0n) is 10.9. The van der Waals surface area contributed by atoms with Gasteiger partial charge in [0.25, 0.3) is 0 Å². The van der Waals surface area contributed by atoms with Crippen LogP contribution < -0.4 is 4.90 Å². The van der Waals surface area contributed by atoms with E-state index in [1.807, 2.05) is 0 Å². The first-order valence-corrected chi connectivity index (χ1v) is 6.87. The van der Waals surface area contributed by atoms with Gasteiger partial charge in [0.2, 0.25) is 0 Å². The molecule has 1 N–H and O–H groups in total. The molecular weight excluding hydrogens is 316 g/mol. The Balaban J connectivity index is 2.30. The normalized spacial score (nSPS) is 10.4. The highest BCUT2D eigenvalue weighted by atomic mass is 35.5. The molecule has 3 nitrogen and oxygen atoms in total. The highest BCUT2D eigenvalue weighted by molar-refractivity contribution is 6.30. The molecule has 0 amide bonds. The standard InChI is InChI=1S/C15H12Cl2FNO2/c16-11-1-4-13(5-2-11)19(9-15(20)21)8-10-7-12(17)3-6-14(10)18/h1-7H,8-9H2,(H,20,21). The second-order valence-corrected chi connectivity index (χ2v) is 5.33. The van der Waals surface area contributed by atoms with Crippen LogP contribution in [-0.2, 0) is 11.3 Å². The summed E-state index contributed by atoms with van der Waals surface area (Å²) >= 11 is 11.7. The first-order valence-electron chi connectivity index (χ1n) is 6.12. The summed E-state index contributed by atoms with van der Waals surface area (Å²) < 4.78 is 13.8. The Kier molecular flexibility index (Phi) is 5.04. The largest absolute Gasteiger partial charge is 0.480 e. The minimum atomic E-state index is -1.01. The third kappa shape index (κ3) is 4.34. The fourth-order valence-electron chi connectivity index (χ4n) is 1.92. The van der Waals surface area contributed by atoms with Crippen molar-refractivity contribution in [2.45, 2.75) is 6.54 Å². The number of carboxylic acid groups (broad SMARTS) is 1. The Labute approximate surface area is 131 Å². The fraction of sp³-hybridized carbons (Fsp3) is 0.133. The molecule has 0 fully saturated rings. The lowest BCUT2D eigenvalue weighted by Gasteiger charge is -2.23. The number of anilines is 1. The first-order chi connectivity index (χ1) is 9.95. The maximum Gasteiger partial charge on any atom is 0.323 e. The summed E-state index contributed by atoms with van der Waals surface area (Å²) in [5.41, 5.74) is 0.972. The van der Waals surface area contributed by atoms with Crippen molar-refractivity contribution in [3.05, 3.63) is 63.9 Å². The number of halogens is 3. The summed E-state index contributed by atoms with van der Waals surface area (Å²) in [5, 5.41) is 9.96. The molecule has 0 radical (unpaired) electrons.